The molecular weight excluding hydrogens is 318 g/mol. The zero-order chi connectivity index (χ0) is 14.5. The lowest BCUT2D eigenvalue weighted by Crippen LogP contribution is -2.01. The highest BCUT2D eigenvalue weighted by Crippen LogP contribution is 2.29. The SMILES string of the molecule is CC(=O)c1cc(Br)c(OCc2ccccc2)cc1C#N. The summed E-state index contributed by atoms with van der Waals surface area (Å²) in [5.41, 5.74) is 1.75. The summed E-state index contributed by atoms with van der Waals surface area (Å²) in [5, 5.41) is 9.09. The van der Waals surface area contributed by atoms with E-state index in [2.05, 4.69) is 15.9 Å². The van der Waals surface area contributed by atoms with E-state index in [0.29, 0.717) is 28.0 Å². The molecule has 0 saturated heterocycles. The second-order valence-corrected chi connectivity index (χ2v) is 5.12. The van der Waals surface area contributed by atoms with E-state index in [9.17, 15) is 4.79 Å². The molecule has 0 aromatic heterocycles. The van der Waals surface area contributed by atoms with Gasteiger partial charge in [-0.15, -0.1) is 0 Å². The van der Waals surface area contributed by atoms with Gasteiger partial charge in [-0.05, 0) is 40.5 Å². The highest BCUT2D eigenvalue weighted by Gasteiger charge is 2.12. The lowest BCUT2D eigenvalue weighted by Gasteiger charge is -2.10. The molecule has 0 atom stereocenters. The van der Waals surface area contributed by atoms with Gasteiger partial charge in [-0.1, -0.05) is 30.3 Å². The van der Waals surface area contributed by atoms with E-state index in [4.69, 9.17) is 10.00 Å². The van der Waals surface area contributed by atoms with Crippen molar-refractivity contribution in [1.82, 2.24) is 0 Å². The minimum absolute atomic E-state index is 0.142. The Hall–Kier alpha value is -2.12. The molecule has 0 heterocycles. The van der Waals surface area contributed by atoms with Crippen molar-refractivity contribution in [2.24, 2.45) is 0 Å². The molecule has 2 aromatic carbocycles. The predicted molar refractivity (Wildman–Crippen MR) is 79.6 cm³/mol. The third kappa shape index (κ3) is 3.25. The summed E-state index contributed by atoms with van der Waals surface area (Å²) >= 11 is 3.37. The average molecular weight is 330 g/mol. The van der Waals surface area contributed by atoms with E-state index in [1.807, 2.05) is 36.4 Å². The second kappa shape index (κ2) is 6.36. The van der Waals surface area contributed by atoms with Gasteiger partial charge in [0, 0.05) is 5.56 Å². The number of nitrogens with zero attached hydrogens (tertiary/aromatic N) is 1. The van der Waals surface area contributed by atoms with Crippen LogP contribution in [0.1, 0.15) is 28.4 Å². The molecule has 0 spiro atoms. The Morgan fingerprint density at radius 2 is 2.00 bits per heavy atom. The molecule has 100 valence electrons. The predicted octanol–water partition coefficient (Wildman–Crippen LogP) is 4.10. The van der Waals surface area contributed by atoms with Gasteiger partial charge in [0.15, 0.2) is 5.78 Å². The van der Waals surface area contributed by atoms with Crippen molar-refractivity contribution in [3.8, 4) is 11.8 Å². The van der Waals surface area contributed by atoms with E-state index >= 15 is 0 Å². The third-order valence-corrected chi connectivity index (χ3v) is 3.43. The largest absolute Gasteiger partial charge is 0.488 e. The van der Waals surface area contributed by atoms with Gasteiger partial charge < -0.3 is 4.74 Å². The summed E-state index contributed by atoms with van der Waals surface area (Å²) < 4.78 is 6.36. The van der Waals surface area contributed by atoms with Gasteiger partial charge >= 0.3 is 0 Å². The maximum absolute atomic E-state index is 11.5. The zero-order valence-corrected chi connectivity index (χ0v) is 12.5. The topological polar surface area (TPSA) is 50.1 Å². The van der Waals surface area contributed by atoms with Crippen LogP contribution in [0.2, 0.25) is 0 Å². The van der Waals surface area contributed by atoms with Crippen molar-refractivity contribution in [1.29, 1.82) is 5.26 Å². The van der Waals surface area contributed by atoms with Crippen LogP contribution in [0.3, 0.4) is 0 Å². The highest BCUT2D eigenvalue weighted by atomic mass is 79.9. The van der Waals surface area contributed by atoms with E-state index < -0.39 is 0 Å². The van der Waals surface area contributed by atoms with Crippen LogP contribution in [-0.2, 0) is 6.61 Å². The Morgan fingerprint density at radius 1 is 1.30 bits per heavy atom. The molecule has 0 bridgehead atoms. The number of nitriles is 1. The molecular formula is C16H12BrNO2. The average Bonchev–Trinajstić information content (AvgIpc) is 2.46. The Bertz CT molecular complexity index is 675. The first-order valence-electron chi connectivity index (χ1n) is 6.03. The first-order chi connectivity index (χ1) is 9.61. The summed E-state index contributed by atoms with van der Waals surface area (Å²) in [7, 11) is 0. The molecule has 0 aliphatic heterocycles. The molecule has 0 radical (unpaired) electrons. The van der Waals surface area contributed by atoms with E-state index in [-0.39, 0.29) is 5.78 Å². The van der Waals surface area contributed by atoms with Crippen molar-refractivity contribution in [3.05, 3.63) is 63.6 Å². The van der Waals surface area contributed by atoms with Gasteiger partial charge in [-0.25, -0.2) is 0 Å². The van der Waals surface area contributed by atoms with Crippen molar-refractivity contribution in [2.45, 2.75) is 13.5 Å². The molecule has 4 heteroatoms. The maximum atomic E-state index is 11.5. The minimum Gasteiger partial charge on any atom is -0.488 e. The molecule has 20 heavy (non-hydrogen) atoms. The van der Waals surface area contributed by atoms with Gasteiger partial charge in [0.2, 0.25) is 0 Å². The van der Waals surface area contributed by atoms with Crippen LogP contribution in [0.5, 0.6) is 5.75 Å². The fourth-order valence-electron chi connectivity index (χ4n) is 1.78. The van der Waals surface area contributed by atoms with Gasteiger partial charge in [-0.3, -0.25) is 4.79 Å². The molecule has 0 amide bonds. The zero-order valence-electron chi connectivity index (χ0n) is 10.9. The van der Waals surface area contributed by atoms with Gasteiger partial charge in [0.05, 0.1) is 10.0 Å². The number of ketones is 1. The van der Waals surface area contributed by atoms with Crippen LogP contribution in [0.25, 0.3) is 0 Å². The van der Waals surface area contributed by atoms with Crippen LogP contribution in [0.15, 0.2) is 46.9 Å². The second-order valence-electron chi connectivity index (χ2n) is 4.27. The number of carbonyl (C=O) groups excluding carboxylic acids is 1. The fourth-order valence-corrected chi connectivity index (χ4v) is 2.24. The standard InChI is InChI=1S/C16H12BrNO2/c1-11(19)14-8-15(17)16(7-13(14)9-18)20-10-12-5-3-2-4-6-12/h2-8H,10H2,1H3. The number of Topliss-reactive ketones (excluding diaryl/α,β-unsaturated/α-hetero) is 1. The first-order valence-corrected chi connectivity index (χ1v) is 6.82. The molecule has 2 aromatic rings. The summed E-state index contributed by atoms with van der Waals surface area (Å²) in [6.07, 6.45) is 0. The monoisotopic (exact) mass is 329 g/mol. The van der Waals surface area contributed by atoms with Crippen molar-refractivity contribution in [2.75, 3.05) is 0 Å². The van der Waals surface area contributed by atoms with Crippen molar-refractivity contribution >= 4 is 21.7 Å². The Kier molecular flexibility index (Phi) is 4.54. The summed E-state index contributed by atoms with van der Waals surface area (Å²) in [6, 6.07) is 15.0. The van der Waals surface area contributed by atoms with E-state index in [0.717, 1.165) is 5.56 Å². The number of carbonyl (C=O) groups is 1. The Labute approximate surface area is 125 Å². The smallest absolute Gasteiger partial charge is 0.161 e. The van der Waals surface area contributed by atoms with Crippen LogP contribution >= 0.6 is 15.9 Å². The quantitative estimate of drug-likeness (QED) is 0.793. The molecule has 0 fully saturated rings. The first kappa shape index (κ1) is 14.3. The molecule has 3 nitrogen and oxygen atoms in total. The molecule has 0 saturated carbocycles. The maximum Gasteiger partial charge on any atom is 0.161 e. The van der Waals surface area contributed by atoms with E-state index in [1.54, 1.807) is 12.1 Å². The molecule has 2 rings (SSSR count). The Morgan fingerprint density at radius 3 is 2.60 bits per heavy atom. The van der Waals surface area contributed by atoms with Gasteiger partial charge in [-0.2, -0.15) is 5.26 Å². The van der Waals surface area contributed by atoms with Crippen molar-refractivity contribution < 1.29 is 9.53 Å². The summed E-state index contributed by atoms with van der Waals surface area (Å²) in [5.74, 6) is 0.410. The van der Waals surface area contributed by atoms with Crippen LogP contribution in [0, 0.1) is 11.3 Å². The lowest BCUT2D eigenvalue weighted by molar-refractivity contribution is 0.101. The lowest BCUT2D eigenvalue weighted by atomic mass is 10.1. The third-order valence-electron chi connectivity index (χ3n) is 2.81. The fraction of sp³-hybridized carbons (Fsp3) is 0.125. The number of rotatable bonds is 4. The van der Waals surface area contributed by atoms with Crippen LogP contribution in [0.4, 0.5) is 0 Å². The van der Waals surface area contributed by atoms with Gasteiger partial charge in [0.25, 0.3) is 0 Å². The molecule has 0 N–H and O–H groups in total. The van der Waals surface area contributed by atoms with E-state index in [1.165, 1.54) is 6.92 Å². The van der Waals surface area contributed by atoms with Gasteiger partial charge in [0.1, 0.15) is 18.4 Å². The van der Waals surface area contributed by atoms with Crippen molar-refractivity contribution in [3.63, 3.8) is 0 Å². The number of ether oxygens (including phenoxy) is 1. The normalized spacial score (nSPS) is 9.85. The summed E-state index contributed by atoms with van der Waals surface area (Å²) in [4.78, 5) is 11.5. The number of hydrogen-bond donors (Lipinski definition) is 0. The highest BCUT2D eigenvalue weighted by molar-refractivity contribution is 9.10. The van der Waals surface area contributed by atoms with Crippen LogP contribution in [-0.4, -0.2) is 5.78 Å². The number of hydrogen-bond acceptors (Lipinski definition) is 3. The molecule has 0 aliphatic rings. The number of benzene rings is 2. The minimum atomic E-state index is -0.142. The molecule has 0 aliphatic carbocycles. The van der Waals surface area contributed by atoms with Crippen LogP contribution < -0.4 is 4.74 Å². The molecule has 0 unspecified atom stereocenters. The number of halogens is 1. The summed E-state index contributed by atoms with van der Waals surface area (Å²) in [6.45, 7) is 1.84. The Balaban J connectivity index is 2.25.